The molecule has 1 aromatic carbocycles. The van der Waals surface area contributed by atoms with Gasteiger partial charge >= 0.3 is 5.97 Å². The number of nitrogens with one attached hydrogen (secondary N) is 1. The number of benzene rings is 1. The minimum Gasteiger partial charge on any atom is -0.497 e. The number of methoxy groups -OCH3 is 1. The summed E-state index contributed by atoms with van der Waals surface area (Å²) in [4.78, 5) is 30.6. The second-order valence-corrected chi connectivity index (χ2v) is 7.50. The highest BCUT2D eigenvalue weighted by Crippen LogP contribution is 2.24. The third kappa shape index (κ3) is 4.84. The van der Waals surface area contributed by atoms with Gasteiger partial charge in [0.05, 0.1) is 19.8 Å². The van der Waals surface area contributed by atoms with Crippen LogP contribution in [0.5, 0.6) is 5.75 Å². The van der Waals surface area contributed by atoms with Gasteiger partial charge < -0.3 is 24.1 Å². The molecule has 2 heterocycles. The van der Waals surface area contributed by atoms with E-state index in [1.54, 1.807) is 31.1 Å². The Balaban J connectivity index is 1.89. The van der Waals surface area contributed by atoms with Crippen molar-refractivity contribution in [2.45, 2.75) is 46.3 Å². The van der Waals surface area contributed by atoms with Gasteiger partial charge in [-0.25, -0.2) is 4.79 Å². The Morgan fingerprint density at radius 2 is 2.10 bits per heavy atom. The van der Waals surface area contributed by atoms with Crippen LogP contribution in [0.25, 0.3) is 0 Å². The van der Waals surface area contributed by atoms with Crippen LogP contribution in [0.2, 0.25) is 0 Å². The lowest BCUT2D eigenvalue weighted by Crippen LogP contribution is -2.37. The lowest BCUT2D eigenvalue weighted by atomic mass is 10.1. The van der Waals surface area contributed by atoms with E-state index in [9.17, 15) is 9.59 Å². The first-order valence-corrected chi connectivity index (χ1v) is 10.3. The fourth-order valence-corrected chi connectivity index (χ4v) is 3.82. The zero-order chi connectivity index (χ0) is 21.7. The van der Waals surface area contributed by atoms with Crippen molar-refractivity contribution in [3.63, 3.8) is 0 Å². The molecule has 0 aliphatic carbocycles. The van der Waals surface area contributed by atoms with Crippen LogP contribution in [0.4, 0.5) is 0 Å². The number of aryl methyl sites for hydroxylation is 1. The average molecular weight is 415 g/mol. The van der Waals surface area contributed by atoms with Crippen LogP contribution < -0.4 is 4.74 Å². The fraction of sp³-hybridized carbons (Fsp3) is 0.478. The van der Waals surface area contributed by atoms with E-state index in [4.69, 9.17) is 14.2 Å². The Hall–Kier alpha value is -2.80. The molecule has 30 heavy (non-hydrogen) atoms. The summed E-state index contributed by atoms with van der Waals surface area (Å²) in [5, 5.41) is 0. The lowest BCUT2D eigenvalue weighted by molar-refractivity contribution is 0.0506. The van der Waals surface area contributed by atoms with Crippen LogP contribution in [-0.2, 0) is 16.0 Å². The first kappa shape index (κ1) is 21.9. The lowest BCUT2D eigenvalue weighted by Gasteiger charge is -2.26. The van der Waals surface area contributed by atoms with Crippen LogP contribution in [0.3, 0.4) is 0 Å². The molecular weight excluding hydrogens is 384 g/mol. The molecule has 2 aromatic rings. The molecule has 0 bridgehead atoms. The molecule has 0 unspecified atom stereocenters. The number of ether oxygens (including phenoxy) is 3. The minimum absolute atomic E-state index is 0.0173. The Bertz CT molecular complexity index is 899. The van der Waals surface area contributed by atoms with Crippen molar-refractivity contribution in [2.75, 3.05) is 26.9 Å². The number of aromatic nitrogens is 1. The second-order valence-electron chi connectivity index (χ2n) is 7.50. The number of rotatable bonds is 8. The molecule has 3 rings (SSSR count). The number of esters is 1. The fourth-order valence-electron chi connectivity index (χ4n) is 3.82. The van der Waals surface area contributed by atoms with Crippen molar-refractivity contribution in [1.82, 2.24) is 9.88 Å². The molecule has 1 aliphatic rings. The zero-order valence-electron chi connectivity index (χ0n) is 18.1. The quantitative estimate of drug-likeness (QED) is 0.667. The number of carbonyl (C=O) groups is 2. The number of H-pyrrole nitrogens is 1. The maximum atomic E-state index is 13.4. The summed E-state index contributed by atoms with van der Waals surface area (Å²) in [7, 11) is 1.58. The van der Waals surface area contributed by atoms with Gasteiger partial charge in [-0.1, -0.05) is 6.07 Å². The first-order valence-electron chi connectivity index (χ1n) is 10.3. The van der Waals surface area contributed by atoms with E-state index in [1.807, 2.05) is 26.0 Å². The van der Waals surface area contributed by atoms with Gasteiger partial charge in [0.1, 0.15) is 11.4 Å². The predicted octanol–water partition coefficient (Wildman–Crippen LogP) is 3.64. The van der Waals surface area contributed by atoms with Gasteiger partial charge in [0.25, 0.3) is 5.91 Å². The van der Waals surface area contributed by atoms with Crippen molar-refractivity contribution in [3.8, 4) is 5.75 Å². The summed E-state index contributed by atoms with van der Waals surface area (Å²) in [6.07, 6.45) is 1.95. The molecule has 7 heteroatoms. The van der Waals surface area contributed by atoms with Gasteiger partial charge in [-0.3, -0.25) is 4.79 Å². The van der Waals surface area contributed by atoms with Crippen molar-refractivity contribution >= 4 is 11.9 Å². The maximum absolute atomic E-state index is 13.4. The molecule has 1 atom stereocenters. The SMILES string of the molecule is CCOC(=O)c1[nH]c(C)c(CN(C[C@@H]2CCCO2)C(=O)c2cccc(OC)c2)c1C. The van der Waals surface area contributed by atoms with Gasteiger partial charge in [0.2, 0.25) is 0 Å². The molecule has 0 radical (unpaired) electrons. The molecule has 1 N–H and O–H groups in total. The molecule has 1 fully saturated rings. The molecule has 1 saturated heterocycles. The topological polar surface area (TPSA) is 80.9 Å². The van der Waals surface area contributed by atoms with Crippen molar-refractivity contribution < 1.29 is 23.8 Å². The van der Waals surface area contributed by atoms with Crippen LogP contribution >= 0.6 is 0 Å². The van der Waals surface area contributed by atoms with Crippen molar-refractivity contribution in [3.05, 3.63) is 52.3 Å². The number of amides is 1. The summed E-state index contributed by atoms with van der Waals surface area (Å²) in [6.45, 7) is 7.47. The Labute approximate surface area is 177 Å². The summed E-state index contributed by atoms with van der Waals surface area (Å²) in [6, 6.07) is 7.15. The van der Waals surface area contributed by atoms with E-state index in [1.165, 1.54) is 0 Å². The Morgan fingerprint density at radius 1 is 1.30 bits per heavy atom. The highest BCUT2D eigenvalue weighted by atomic mass is 16.5. The second kappa shape index (κ2) is 9.80. The molecule has 1 aliphatic heterocycles. The molecule has 7 nitrogen and oxygen atoms in total. The molecule has 1 aromatic heterocycles. The normalized spacial score (nSPS) is 15.8. The van der Waals surface area contributed by atoms with E-state index in [2.05, 4.69) is 4.98 Å². The van der Waals surface area contributed by atoms with Crippen molar-refractivity contribution in [1.29, 1.82) is 0 Å². The predicted molar refractivity (Wildman–Crippen MR) is 113 cm³/mol. The van der Waals surface area contributed by atoms with Gasteiger partial charge in [-0.2, -0.15) is 0 Å². The number of hydrogen-bond donors (Lipinski definition) is 1. The molecule has 0 saturated carbocycles. The maximum Gasteiger partial charge on any atom is 0.355 e. The van der Waals surface area contributed by atoms with Gasteiger partial charge in [-0.05, 0) is 62.9 Å². The van der Waals surface area contributed by atoms with Crippen LogP contribution in [-0.4, -0.2) is 54.7 Å². The summed E-state index contributed by atoms with van der Waals surface area (Å²) in [5.74, 6) is 0.160. The summed E-state index contributed by atoms with van der Waals surface area (Å²) in [5.41, 5.74) is 3.58. The third-order valence-electron chi connectivity index (χ3n) is 5.47. The number of hydrogen-bond acceptors (Lipinski definition) is 5. The van der Waals surface area contributed by atoms with Crippen molar-refractivity contribution in [2.24, 2.45) is 0 Å². The monoisotopic (exact) mass is 414 g/mol. The molecule has 1 amide bonds. The van der Waals surface area contributed by atoms with E-state index in [-0.39, 0.29) is 18.0 Å². The Kier molecular flexibility index (Phi) is 7.15. The van der Waals surface area contributed by atoms with E-state index < -0.39 is 0 Å². The highest BCUT2D eigenvalue weighted by molar-refractivity contribution is 5.95. The van der Waals surface area contributed by atoms with Crippen LogP contribution in [0.15, 0.2) is 24.3 Å². The van der Waals surface area contributed by atoms with Gasteiger partial charge in [-0.15, -0.1) is 0 Å². The largest absolute Gasteiger partial charge is 0.497 e. The third-order valence-corrected chi connectivity index (χ3v) is 5.47. The van der Waals surface area contributed by atoms with E-state index >= 15 is 0 Å². The molecule has 162 valence electrons. The average Bonchev–Trinajstić information content (AvgIpc) is 3.36. The van der Waals surface area contributed by atoms with Gasteiger partial charge in [0.15, 0.2) is 0 Å². The minimum atomic E-state index is -0.380. The number of nitrogens with zero attached hydrogens (tertiary/aromatic N) is 1. The molecule has 0 spiro atoms. The van der Waals surface area contributed by atoms with E-state index in [0.717, 1.165) is 36.3 Å². The molecular formula is C23H30N2O5. The number of carbonyl (C=O) groups excluding carboxylic acids is 2. The first-order chi connectivity index (χ1) is 14.4. The Morgan fingerprint density at radius 3 is 2.77 bits per heavy atom. The van der Waals surface area contributed by atoms with Gasteiger partial charge in [0, 0.05) is 31.0 Å². The zero-order valence-corrected chi connectivity index (χ0v) is 18.1. The van der Waals surface area contributed by atoms with Crippen LogP contribution in [0.1, 0.15) is 57.4 Å². The highest BCUT2D eigenvalue weighted by Gasteiger charge is 2.27. The van der Waals surface area contributed by atoms with Crippen LogP contribution in [0, 0.1) is 13.8 Å². The smallest absolute Gasteiger partial charge is 0.355 e. The number of aromatic amines is 1. The standard InChI is InChI=1S/C23H30N2O5/c1-5-29-23(27)21-15(2)20(16(3)24-21)14-25(13-19-10-7-11-30-19)22(26)17-8-6-9-18(12-17)28-4/h6,8-9,12,19,24H,5,7,10-11,13-14H2,1-4H3/t19-/m0/s1. The van der Waals surface area contributed by atoms with E-state index in [0.29, 0.717) is 36.7 Å². The summed E-state index contributed by atoms with van der Waals surface area (Å²) < 4.78 is 16.2. The summed E-state index contributed by atoms with van der Waals surface area (Å²) >= 11 is 0.